The van der Waals surface area contributed by atoms with E-state index in [0.29, 0.717) is 11.1 Å². The number of carbonyl (C=O) groups is 2. The number of ether oxygens (including phenoxy) is 2. The van der Waals surface area contributed by atoms with Crippen molar-refractivity contribution in [2.24, 2.45) is 0 Å². The fourth-order valence-electron chi connectivity index (χ4n) is 1.31. The third-order valence-electron chi connectivity index (χ3n) is 2.04. The molecular weight excluding hydrogens is 365 g/mol. The van der Waals surface area contributed by atoms with Gasteiger partial charge in [0.2, 0.25) is 0 Å². The Balaban J connectivity index is 0.00000324. The van der Waals surface area contributed by atoms with E-state index in [2.05, 4.69) is 0 Å². The van der Waals surface area contributed by atoms with Gasteiger partial charge in [0.15, 0.2) is 0 Å². The van der Waals surface area contributed by atoms with Gasteiger partial charge in [-0.05, 0) is 52.0 Å². The minimum absolute atomic E-state index is 0. The summed E-state index contributed by atoms with van der Waals surface area (Å²) in [6.07, 6.45) is -0.328. The first-order chi connectivity index (χ1) is 8.40. The quantitative estimate of drug-likeness (QED) is 0.747. The topological polar surface area (TPSA) is 52.6 Å². The average molecular weight is 384 g/mol. The Labute approximate surface area is 172 Å². The zero-order valence-electron chi connectivity index (χ0n) is 11.1. The van der Waals surface area contributed by atoms with E-state index in [1.807, 2.05) is 0 Å². The molecule has 0 aliphatic rings. The van der Waals surface area contributed by atoms with Crippen molar-refractivity contribution < 1.29 is 19.1 Å². The van der Waals surface area contributed by atoms with E-state index in [9.17, 15) is 9.59 Å². The molecule has 0 aliphatic heterocycles. The van der Waals surface area contributed by atoms with Crippen LogP contribution in [0.15, 0.2) is 24.3 Å². The number of esters is 2. The van der Waals surface area contributed by atoms with E-state index in [0.717, 1.165) is 0 Å². The molecule has 5 heteroatoms. The van der Waals surface area contributed by atoms with Crippen LogP contribution in [0, 0.1) is 0 Å². The molecule has 0 N–H and O–H groups in total. The predicted octanol–water partition coefficient (Wildman–Crippen LogP) is 2.17. The van der Waals surface area contributed by atoms with Crippen LogP contribution in [0.3, 0.4) is 0 Å². The third kappa shape index (κ3) is 6.97. The summed E-state index contributed by atoms with van der Waals surface area (Å²) in [6, 6.07) is 6.23. The predicted molar refractivity (Wildman–Crippen MR) is 74.7 cm³/mol. The van der Waals surface area contributed by atoms with Crippen molar-refractivity contribution in [1.82, 2.24) is 0 Å². The molecule has 100 valence electrons. The summed E-state index contributed by atoms with van der Waals surface area (Å²) in [5.74, 6) is -0.789. The van der Waals surface area contributed by atoms with Crippen LogP contribution in [-0.4, -0.2) is 93.0 Å². The Morgan fingerprint density at radius 3 is 1.26 bits per heavy atom. The van der Waals surface area contributed by atoms with Gasteiger partial charge in [-0.15, -0.1) is 0 Å². The summed E-state index contributed by atoms with van der Waals surface area (Å²) in [4.78, 5) is 23.2. The molecule has 0 aliphatic carbocycles. The van der Waals surface area contributed by atoms with Gasteiger partial charge in [-0.25, -0.2) is 9.59 Å². The fraction of sp³-hybridized carbons (Fsp3) is 0.429. The second-order valence-corrected chi connectivity index (χ2v) is 4.49. The molecule has 0 saturated heterocycles. The molecule has 0 unspecified atom stereocenters. The average Bonchev–Trinajstić information content (AvgIpc) is 2.27. The van der Waals surface area contributed by atoms with E-state index in [1.54, 1.807) is 52.0 Å². The van der Waals surface area contributed by atoms with E-state index < -0.39 is 11.9 Å². The first-order valence-electron chi connectivity index (χ1n) is 5.92. The molecule has 19 heavy (non-hydrogen) atoms. The molecule has 0 bridgehead atoms. The number of benzene rings is 1. The Morgan fingerprint density at radius 1 is 0.789 bits per heavy atom. The van der Waals surface area contributed by atoms with Crippen LogP contribution in [0.4, 0.5) is 0 Å². The number of rotatable bonds is 4. The second-order valence-electron chi connectivity index (χ2n) is 4.49. The Kier molecular flexibility index (Phi) is 9.31. The first-order valence-corrected chi connectivity index (χ1v) is 5.92. The van der Waals surface area contributed by atoms with Crippen LogP contribution < -0.4 is 0 Å². The van der Waals surface area contributed by atoms with Crippen LogP contribution in [0.5, 0.6) is 0 Å². The zero-order chi connectivity index (χ0) is 13.7. The van der Waals surface area contributed by atoms with Crippen LogP contribution in [-0.2, 0) is 9.47 Å². The molecule has 0 aromatic heterocycles. The molecule has 0 radical (unpaired) electrons. The van der Waals surface area contributed by atoms with Gasteiger partial charge in [-0.2, -0.15) is 0 Å². The summed E-state index contributed by atoms with van der Waals surface area (Å²) in [5.41, 5.74) is 0.842. The van der Waals surface area contributed by atoms with E-state index in [4.69, 9.17) is 9.47 Å². The molecule has 1 rings (SSSR count). The summed E-state index contributed by atoms with van der Waals surface area (Å²) in [7, 11) is 0. The molecule has 0 heterocycles. The van der Waals surface area contributed by atoms with Crippen LogP contribution in [0.25, 0.3) is 0 Å². The van der Waals surface area contributed by atoms with Crippen LogP contribution in [0.1, 0.15) is 48.4 Å². The van der Waals surface area contributed by atoms with Crippen LogP contribution in [0.2, 0.25) is 0 Å². The van der Waals surface area contributed by atoms with Crippen molar-refractivity contribution in [3.8, 4) is 0 Å². The van der Waals surface area contributed by atoms with Gasteiger partial charge >= 0.3 is 80.8 Å². The van der Waals surface area contributed by atoms with Crippen molar-refractivity contribution in [3.63, 3.8) is 0 Å². The number of hydrogen-bond acceptors (Lipinski definition) is 4. The normalized spacial score (nSPS) is 10.0. The Hall–Kier alpha value is 0.212. The maximum atomic E-state index is 11.6. The van der Waals surface area contributed by atoms with Gasteiger partial charge in [-0.3, -0.25) is 0 Å². The van der Waals surface area contributed by atoms with Crippen molar-refractivity contribution in [1.29, 1.82) is 0 Å². The van der Waals surface area contributed by atoms with Gasteiger partial charge < -0.3 is 9.47 Å². The van der Waals surface area contributed by atoms with Gasteiger partial charge in [-0.1, -0.05) is 0 Å². The van der Waals surface area contributed by atoms with E-state index in [-0.39, 0.29) is 81.1 Å². The second kappa shape index (κ2) is 9.20. The Morgan fingerprint density at radius 2 is 1.05 bits per heavy atom. The summed E-state index contributed by atoms with van der Waals surface area (Å²) in [6.45, 7) is 7.14. The van der Waals surface area contributed by atoms with Gasteiger partial charge in [0.25, 0.3) is 0 Å². The van der Waals surface area contributed by atoms with Gasteiger partial charge in [0.1, 0.15) is 0 Å². The molecule has 1 aromatic carbocycles. The standard InChI is InChI=1S/C14H18O4.Cs.H/c1-9(2)17-13(15)11-5-7-12(8-6-11)14(16)18-10(3)4;;/h5-10H,1-4H3;;. The Bertz CT molecular complexity index is 383. The first kappa shape index (κ1) is 19.2. The monoisotopic (exact) mass is 384 g/mol. The van der Waals surface area contributed by atoms with Gasteiger partial charge in [0, 0.05) is 0 Å². The number of carbonyl (C=O) groups excluding carboxylic acids is 2. The third-order valence-corrected chi connectivity index (χ3v) is 2.04. The molecule has 0 fully saturated rings. The van der Waals surface area contributed by atoms with Crippen molar-refractivity contribution in [2.45, 2.75) is 39.9 Å². The van der Waals surface area contributed by atoms with E-state index in [1.165, 1.54) is 0 Å². The van der Waals surface area contributed by atoms with Gasteiger partial charge in [0.05, 0.1) is 23.3 Å². The molecular formula is C14H19CsO4. The summed E-state index contributed by atoms with van der Waals surface area (Å²) in [5, 5.41) is 0. The van der Waals surface area contributed by atoms with Crippen molar-refractivity contribution >= 4 is 80.8 Å². The van der Waals surface area contributed by atoms with Crippen molar-refractivity contribution in [2.75, 3.05) is 0 Å². The summed E-state index contributed by atoms with van der Waals surface area (Å²) < 4.78 is 10.1. The molecule has 0 spiro atoms. The summed E-state index contributed by atoms with van der Waals surface area (Å²) >= 11 is 0. The maximum absolute atomic E-state index is 11.6. The van der Waals surface area contributed by atoms with E-state index >= 15 is 0 Å². The fourth-order valence-corrected chi connectivity index (χ4v) is 1.31. The van der Waals surface area contributed by atoms with Crippen LogP contribution >= 0.6 is 0 Å². The molecule has 4 nitrogen and oxygen atoms in total. The minimum atomic E-state index is -0.395. The zero-order valence-corrected chi connectivity index (χ0v) is 11.1. The van der Waals surface area contributed by atoms with Crippen molar-refractivity contribution in [3.05, 3.63) is 35.4 Å². The molecule has 0 amide bonds. The SMILES string of the molecule is CC(C)OC(=O)c1ccc(C(=O)OC(C)C)cc1.[CsH]. The molecule has 1 aromatic rings. The molecule has 0 atom stereocenters. The molecule has 0 saturated carbocycles. The number of hydrogen-bond donors (Lipinski definition) is 0.